The molecule has 1 heterocycles. The Morgan fingerprint density at radius 3 is 2.42 bits per heavy atom. The minimum absolute atomic E-state index is 0. The van der Waals surface area contributed by atoms with Gasteiger partial charge in [-0.3, -0.25) is 4.99 Å². The van der Waals surface area contributed by atoms with E-state index in [4.69, 9.17) is 0 Å². The molecule has 3 nitrogen and oxygen atoms in total. The molecule has 0 aromatic rings. The second kappa shape index (κ2) is 6.64. The molecule has 2 saturated carbocycles. The van der Waals surface area contributed by atoms with E-state index in [0.29, 0.717) is 11.5 Å². The summed E-state index contributed by atoms with van der Waals surface area (Å²) in [5.41, 5.74) is 0.634. The van der Waals surface area contributed by atoms with Crippen LogP contribution in [0.1, 0.15) is 57.8 Å². The van der Waals surface area contributed by atoms with Crippen LogP contribution in [0.4, 0.5) is 0 Å². The van der Waals surface area contributed by atoms with E-state index >= 15 is 0 Å². The van der Waals surface area contributed by atoms with E-state index in [9.17, 15) is 0 Å². The summed E-state index contributed by atoms with van der Waals surface area (Å²) in [7, 11) is 1.94. The van der Waals surface area contributed by atoms with Crippen molar-refractivity contribution in [3.63, 3.8) is 0 Å². The Bertz CT molecular complexity index is 319. The average Bonchev–Trinajstić information content (AvgIpc) is 2.73. The maximum absolute atomic E-state index is 4.50. The van der Waals surface area contributed by atoms with Crippen molar-refractivity contribution in [3.8, 4) is 0 Å². The van der Waals surface area contributed by atoms with Crippen molar-refractivity contribution in [2.75, 3.05) is 20.1 Å². The Kier molecular flexibility index (Phi) is 5.37. The van der Waals surface area contributed by atoms with E-state index in [1.807, 2.05) is 7.05 Å². The quantitative estimate of drug-likeness (QED) is 0.431. The van der Waals surface area contributed by atoms with Crippen LogP contribution in [0, 0.1) is 5.41 Å². The van der Waals surface area contributed by atoms with Crippen LogP contribution in [-0.4, -0.2) is 37.0 Å². The smallest absolute Gasteiger partial charge is 0.193 e. The van der Waals surface area contributed by atoms with Gasteiger partial charge >= 0.3 is 0 Å². The summed E-state index contributed by atoms with van der Waals surface area (Å²) in [6.07, 6.45) is 12.7. The third kappa shape index (κ3) is 3.37. The molecule has 0 aromatic carbocycles. The van der Waals surface area contributed by atoms with Crippen molar-refractivity contribution in [2.45, 2.75) is 63.8 Å². The molecule has 1 spiro atoms. The Hall–Kier alpha value is 0. The molecule has 2 aliphatic carbocycles. The lowest BCUT2D eigenvalue weighted by Crippen LogP contribution is -2.48. The van der Waals surface area contributed by atoms with Gasteiger partial charge in [0.1, 0.15) is 0 Å². The number of aliphatic imine (C=N–C) groups is 1. The standard InChI is InChI=1S/C15H27N3.HI/c1-16-14(17-13-6-5-7-13)18-11-10-15(12-18)8-3-2-4-9-15;/h13H,2-12H2,1H3,(H,16,17);1H. The zero-order valence-corrected chi connectivity index (χ0v) is 14.5. The third-order valence-electron chi connectivity index (χ3n) is 5.30. The molecule has 0 bridgehead atoms. The highest BCUT2D eigenvalue weighted by Gasteiger charge is 2.40. The number of guanidine groups is 1. The van der Waals surface area contributed by atoms with Crippen LogP contribution >= 0.6 is 24.0 Å². The summed E-state index contributed by atoms with van der Waals surface area (Å²) >= 11 is 0. The van der Waals surface area contributed by atoms with Gasteiger partial charge in [-0.1, -0.05) is 19.3 Å². The normalized spacial score (nSPS) is 27.0. The molecular formula is C15H28IN3. The van der Waals surface area contributed by atoms with Gasteiger partial charge < -0.3 is 10.2 Å². The molecule has 110 valence electrons. The Morgan fingerprint density at radius 1 is 1.11 bits per heavy atom. The summed E-state index contributed by atoms with van der Waals surface area (Å²) in [6, 6.07) is 0.701. The van der Waals surface area contributed by atoms with E-state index in [1.54, 1.807) is 0 Å². The first-order valence-corrected chi connectivity index (χ1v) is 7.80. The summed E-state index contributed by atoms with van der Waals surface area (Å²) in [4.78, 5) is 7.02. The van der Waals surface area contributed by atoms with Gasteiger partial charge in [0.05, 0.1) is 0 Å². The largest absolute Gasteiger partial charge is 0.354 e. The predicted octanol–water partition coefficient (Wildman–Crippen LogP) is 3.39. The molecule has 3 fully saturated rings. The van der Waals surface area contributed by atoms with E-state index in [-0.39, 0.29) is 24.0 Å². The minimum Gasteiger partial charge on any atom is -0.354 e. The lowest BCUT2D eigenvalue weighted by atomic mass is 9.73. The van der Waals surface area contributed by atoms with Gasteiger partial charge in [0.2, 0.25) is 0 Å². The van der Waals surface area contributed by atoms with Crippen molar-refractivity contribution in [3.05, 3.63) is 0 Å². The second-order valence-corrected chi connectivity index (χ2v) is 6.55. The highest BCUT2D eigenvalue weighted by atomic mass is 127. The highest BCUT2D eigenvalue weighted by molar-refractivity contribution is 14.0. The van der Waals surface area contributed by atoms with E-state index in [0.717, 1.165) is 0 Å². The Labute approximate surface area is 134 Å². The van der Waals surface area contributed by atoms with Gasteiger partial charge in [-0.25, -0.2) is 0 Å². The zero-order chi connectivity index (χ0) is 12.4. The molecule has 1 aliphatic heterocycles. The fourth-order valence-electron chi connectivity index (χ4n) is 3.86. The van der Waals surface area contributed by atoms with Crippen LogP contribution in [0.5, 0.6) is 0 Å². The van der Waals surface area contributed by atoms with Crippen molar-refractivity contribution in [2.24, 2.45) is 10.4 Å². The number of hydrogen-bond acceptors (Lipinski definition) is 1. The number of nitrogens with one attached hydrogen (secondary N) is 1. The van der Waals surface area contributed by atoms with Gasteiger partial charge in [-0.15, -0.1) is 24.0 Å². The topological polar surface area (TPSA) is 27.6 Å². The van der Waals surface area contributed by atoms with Gasteiger partial charge in [-0.05, 0) is 43.9 Å². The van der Waals surface area contributed by atoms with E-state index < -0.39 is 0 Å². The molecule has 1 saturated heterocycles. The van der Waals surface area contributed by atoms with Crippen LogP contribution in [0.25, 0.3) is 0 Å². The average molecular weight is 377 g/mol. The number of likely N-dealkylation sites (tertiary alicyclic amines) is 1. The molecule has 4 heteroatoms. The fraction of sp³-hybridized carbons (Fsp3) is 0.933. The van der Waals surface area contributed by atoms with Gasteiger partial charge in [0, 0.05) is 26.2 Å². The first-order chi connectivity index (χ1) is 8.81. The van der Waals surface area contributed by atoms with Gasteiger partial charge in [0.15, 0.2) is 5.96 Å². The van der Waals surface area contributed by atoms with Gasteiger partial charge in [0.25, 0.3) is 0 Å². The SMILES string of the molecule is CN=C(NC1CCC1)N1CCC2(CCCCC2)C1.I. The lowest BCUT2D eigenvalue weighted by Gasteiger charge is -2.35. The Morgan fingerprint density at radius 2 is 1.84 bits per heavy atom. The molecule has 0 atom stereocenters. The first-order valence-electron chi connectivity index (χ1n) is 7.80. The summed E-state index contributed by atoms with van der Waals surface area (Å²) < 4.78 is 0. The first kappa shape index (κ1) is 15.4. The summed E-state index contributed by atoms with van der Waals surface area (Å²) in [5, 5.41) is 3.64. The number of rotatable bonds is 1. The van der Waals surface area contributed by atoms with Crippen molar-refractivity contribution >= 4 is 29.9 Å². The molecule has 3 rings (SSSR count). The van der Waals surface area contributed by atoms with E-state index in [2.05, 4.69) is 15.2 Å². The van der Waals surface area contributed by atoms with Crippen molar-refractivity contribution < 1.29 is 0 Å². The lowest BCUT2D eigenvalue weighted by molar-refractivity contribution is 0.202. The Balaban J connectivity index is 0.00000133. The molecule has 0 unspecified atom stereocenters. The number of nitrogens with zero attached hydrogens (tertiary/aromatic N) is 2. The summed E-state index contributed by atoms with van der Waals surface area (Å²) in [5.74, 6) is 1.17. The van der Waals surface area contributed by atoms with Crippen molar-refractivity contribution in [1.82, 2.24) is 10.2 Å². The second-order valence-electron chi connectivity index (χ2n) is 6.55. The number of halogens is 1. The van der Waals surface area contributed by atoms with Crippen LogP contribution in [0.2, 0.25) is 0 Å². The predicted molar refractivity (Wildman–Crippen MR) is 91.3 cm³/mol. The molecular weight excluding hydrogens is 349 g/mol. The molecule has 1 N–H and O–H groups in total. The van der Waals surface area contributed by atoms with Crippen molar-refractivity contribution in [1.29, 1.82) is 0 Å². The molecule has 0 amide bonds. The third-order valence-corrected chi connectivity index (χ3v) is 5.30. The highest BCUT2D eigenvalue weighted by Crippen LogP contribution is 2.43. The number of hydrogen-bond donors (Lipinski definition) is 1. The van der Waals surface area contributed by atoms with Crippen LogP contribution in [0.3, 0.4) is 0 Å². The summed E-state index contributed by atoms with van der Waals surface area (Å²) in [6.45, 7) is 2.46. The maximum Gasteiger partial charge on any atom is 0.193 e. The monoisotopic (exact) mass is 377 g/mol. The van der Waals surface area contributed by atoms with Crippen LogP contribution in [-0.2, 0) is 0 Å². The maximum atomic E-state index is 4.50. The van der Waals surface area contributed by atoms with Gasteiger partial charge in [-0.2, -0.15) is 0 Å². The fourth-order valence-corrected chi connectivity index (χ4v) is 3.86. The molecule has 0 aromatic heterocycles. The molecule has 0 radical (unpaired) electrons. The van der Waals surface area contributed by atoms with Crippen LogP contribution in [0.15, 0.2) is 4.99 Å². The van der Waals surface area contributed by atoms with E-state index in [1.165, 1.54) is 76.8 Å². The molecule has 19 heavy (non-hydrogen) atoms. The zero-order valence-electron chi connectivity index (χ0n) is 12.2. The minimum atomic E-state index is 0. The molecule has 3 aliphatic rings. The van der Waals surface area contributed by atoms with Crippen LogP contribution < -0.4 is 5.32 Å².